The Bertz CT molecular complexity index is 702. The summed E-state index contributed by atoms with van der Waals surface area (Å²) in [5.41, 5.74) is 0.476. The molecule has 0 fully saturated rings. The standard InChI is InChI=1S/C14H14ClNO5/c1-18-9-6-10(19-2)13(20-3)11-7(15)5-8(14(17)21-4)16-12(9)11/h5-6H,1-4H3. The molecule has 0 atom stereocenters. The maximum atomic E-state index is 11.6. The highest BCUT2D eigenvalue weighted by Gasteiger charge is 2.21. The van der Waals surface area contributed by atoms with E-state index in [-0.39, 0.29) is 10.7 Å². The van der Waals surface area contributed by atoms with Gasteiger partial charge in [0.2, 0.25) is 0 Å². The fourth-order valence-electron chi connectivity index (χ4n) is 2.00. The molecule has 0 unspecified atom stereocenters. The quantitative estimate of drug-likeness (QED) is 0.809. The van der Waals surface area contributed by atoms with Gasteiger partial charge in [0.15, 0.2) is 17.2 Å². The predicted octanol–water partition coefficient (Wildman–Crippen LogP) is 2.70. The number of nitrogens with zero attached hydrogens (tertiary/aromatic N) is 1. The van der Waals surface area contributed by atoms with Crippen LogP contribution >= 0.6 is 11.6 Å². The van der Waals surface area contributed by atoms with Gasteiger partial charge in [-0.3, -0.25) is 0 Å². The molecule has 1 aromatic heterocycles. The van der Waals surface area contributed by atoms with Gasteiger partial charge in [-0.05, 0) is 6.07 Å². The van der Waals surface area contributed by atoms with Gasteiger partial charge in [0.25, 0.3) is 0 Å². The van der Waals surface area contributed by atoms with Crippen molar-refractivity contribution in [1.29, 1.82) is 0 Å². The monoisotopic (exact) mass is 311 g/mol. The van der Waals surface area contributed by atoms with Crippen LogP contribution in [0.4, 0.5) is 0 Å². The van der Waals surface area contributed by atoms with Gasteiger partial charge in [0.05, 0.1) is 38.8 Å². The van der Waals surface area contributed by atoms with Crippen molar-refractivity contribution in [2.45, 2.75) is 0 Å². The van der Waals surface area contributed by atoms with Crippen molar-refractivity contribution < 1.29 is 23.7 Å². The van der Waals surface area contributed by atoms with Crippen LogP contribution in [0.15, 0.2) is 12.1 Å². The Balaban J connectivity index is 2.88. The minimum Gasteiger partial charge on any atom is -0.494 e. The topological polar surface area (TPSA) is 66.9 Å². The summed E-state index contributed by atoms with van der Waals surface area (Å²) in [5.74, 6) is 0.699. The number of rotatable bonds is 4. The Labute approximate surface area is 126 Å². The Hall–Kier alpha value is -2.21. The van der Waals surface area contributed by atoms with Crippen LogP contribution < -0.4 is 14.2 Å². The molecule has 0 bridgehead atoms. The van der Waals surface area contributed by atoms with Gasteiger partial charge in [-0.2, -0.15) is 0 Å². The molecule has 112 valence electrons. The van der Waals surface area contributed by atoms with Crippen molar-refractivity contribution in [3.63, 3.8) is 0 Å². The highest BCUT2D eigenvalue weighted by Crippen LogP contribution is 2.43. The summed E-state index contributed by atoms with van der Waals surface area (Å²) in [6, 6.07) is 3.03. The number of hydrogen-bond acceptors (Lipinski definition) is 6. The molecule has 6 nitrogen and oxygen atoms in total. The number of pyridine rings is 1. The summed E-state index contributed by atoms with van der Waals surface area (Å²) in [5, 5.41) is 0.789. The summed E-state index contributed by atoms with van der Waals surface area (Å²) >= 11 is 6.27. The van der Waals surface area contributed by atoms with Crippen molar-refractivity contribution in [3.05, 3.63) is 22.8 Å². The van der Waals surface area contributed by atoms with Gasteiger partial charge < -0.3 is 18.9 Å². The zero-order valence-corrected chi connectivity index (χ0v) is 12.8. The molecule has 0 aliphatic rings. The number of aromatic nitrogens is 1. The highest BCUT2D eigenvalue weighted by atomic mass is 35.5. The number of halogens is 1. The maximum Gasteiger partial charge on any atom is 0.356 e. The molecule has 2 rings (SSSR count). The molecule has 21 heavy (non-hydrogen) atoms. The van der Waals surface area contributed by atoms with E-state index in [9.17, 15) is 4.79 Å². The van der Waals surface area contributed by atoms with Gasteiger partial charge in [-0.15, -0.1) is 0 Å². The van der Waals surface area contributed by atoms with Gasteiger partial charge in [0.1, 0.15) is 11.3 Å². The molecule has 2 aromatic rings. The number of carbonyl (C=O) groups excluding carboxylic acids is 1. The number of methoxy groups -OCH3 is 4. The molecule has 0 radical (unpaired) electrons. The van der Waals surface area contributed by atoms with Crippen LogP contribution in [0.1, 0.15) is 10.5 Å². The second-order valence-electron chi connectivity index (χ2n) is 4.02. The average Bonchev–Trinajstić information content (AvgIpc) is 2.52. The Morgan fingerprint density at radius 3 is 2.24 bits per heavy atom. The lowest BCUT2D eigenvalue weighted by atomic mass is 10.1. The van der Waals surface area contributed by atoms with Crippen molar-refractivity contribution in [3.8, 4) is 17.2 Å². The molecule has 1 heterocycles. The molecule has 0 saturated heterocycles. The number of carbonyl (C=O) groups is 1. The number of hydrogen-bond donors (Lipinski definition) is 0. The second kappa shape index (κ2) is 6.05. The highest BCUT2D eigenvalue weighted by molar-refractivity contribution is 6.36. The van der Waals surface area contributed by atoms with E-state index in [1.165, 1.54) is 34.5 Å². The van der Waals surface area contributed by atoms with Gasteiger partial charge in [-0.1, -0.05) is 11.6 Å². The predicted molar refractivity (Wildman–Crippen MR) is 77.7 cm³/mol. The minimum atomic E-state index is -0.587. The Morgan fingerprint density at radius 2 is 1.71 bits per heavy atom. The lowest BCUT2D eigenvalue weighted by Crippen LogP contribution is -2.05. The first-order valence-electron chi connectivity index (χ1n) is 5.94. The van der Waals surface area contributed by atoms with Crippen LogP contribution in [0.25, 0.3) is 10.9 Å². The largest absolute Gasteiger partial charge is 0.494 e. The lowest BCUT2D eigenvalue weighted by molar-refractivity contribution is 0.0594. The maximum absolute atomic E-state index is 11.6. The van der Waals surface area contributed by atoms with Crippen LogP contribution in [0.5, 0.6) is 17.2 Å². The molecule has 0 aliphatic heterocycles. The lowest BCUT2D eigenvalue weighted by Gasteiger charge is -2.15. The van der Waals surface area contributed by atoms with E-state index in [0.29, 0.717) is 28.2 Å². The smallest absolute Gasteiger partial charge is 0.356 e. The summed E-state index contributed by atoms with van der Waals surface area (Å²) in [7, 11) is 5.76. The number of ether oxygens (including phenoxy) is 4. The number of esters is 1. The van der Waals surface area contributed by atoms with E-state index in [0.717, 1.165) is 0 Å². The summed E-state index contributed by atoms with van der Waals surface area (Å²) in [4.78, 5) is 15.9. The second-order valence-corrected chi connectivity index (χ2v) is 4.43. The van der Waals surface area contributed by atoms with Crippen LogP contribution in [-0.2, 0) is 4.74 Å². The SMILES string of the molecule is COC(=O)c1cc(Cl)c2c(OC)c(OC)cc(OC)c2n1. The molecule has 0 N–H and O–H groups in total. The number of benzene rings is 1. The van der Waals surface area contributed by atoms with Gasteiger partial charge in [-0.25, -0.2) is 9.78 Å². The molecule has 7 heteroatoms. The van der Waals surface area contributed by atoms with Crippen LogP contribution in [0, 0.1) is 0 Å². The first-order valence-corrected chi connectivity index (χ1v) is 6.32. The van der Waals surface area contributed by atoms with E-state index in [1.807, 2.05) is 0 Å². The molecule has 0 saturated carbocycles. The molecule has 0 spiro atoms. The Kier molecular flexibility index (Phi) is 4.37. The molecule has 0 aliphatic carbocycles. The average molecular weight is 312 g/mol. The third-order valence-corrected chi connectivity index (χ3v) is 3.25. The van der Waals surface area contributed by atoms with E-state index in [2.05, 4.69) is 9.72 Å². The van der Waals surface area contributed by atoms with Gasteiger partial charge in [0, 0.05) is 6.07 Å². The van der Waals surface area contributed by atoms with Crippen molar-refractivity contribution >= 4 is 28.5 Å². The molecular weight excluding hydrogens is 298 g/mol. The van der Waals surface area contributed by atoms with E-state index in [4.69, 9.17) is 25.8 Å². The fourth-order valence-corrected chi connectivity index (χ4v) is 2.28. The number of fused-ring (bicyclic) bond motifs is 1. The van der Waals surface area contributed by atoms with Crippen LogP contribution in [0.3, 0.4) is 0 Å². The van der Waals surface area contributed by atoms with Crippen molar-refractivity contribution in [1.82, 2.24) is 4.98 Å². The molecule has 0 amide bonds. The summed E-state index contributed by atoms with van der Waals surface area (Å²) in [6.07, 6.45) is 0. The molecular formula is C14H14ClNO5. The summed E-state index contributed by atoms with van der Waals surface area (Å²) in [6.45, 7) is 0. The van der Waals surface area contributed by atoms with Crippen molar-refractivity contribution in [2.24, 2.45) is 0 Å². The van der Waals surface area contributed by atoms with Crippen molar-refractivity contribution in [2.75, 3.05) is 28.4 Å². The Morgan fingerprint density at radius 1 is 1.05 bits per heavy atom. The summed E-state index contributed by atoms with van der Waals surface area (Å²) < 4.78 is 20.5. The minimum absolute atomic E-state index is 0.0838. The van der Waals surface area contributed by atoms with Gasteiger partial charge >= 0.3 is 5.97 Å². The zero-order chi connectivity index (χ0) is 15.6. The normalized spacial score (nSPS) is 10.3. The third kappa shape index (κ3) is 2.54. The fraction of sp³-hybridized carbons (Fsp3) is 0.286. The molecule has 1 aromatic carbocycles. The van der Waals surface area contributed by atoms with Crippen LogP contribution in [-0.4, -0.2) is 39.4 Å². The van der Waals surface area contributed by atoms with E-state index >= 15 is 0 Å². The first-order chi connectivity index (χ1) is 10.1. The van der Waals surface area contributed by atoms with Crippen LogP contribution in [0.2, 0.25) is 5.02 Å². The van der Waals surface area contributed by atoms with E-state index in [1.54, 1.807) is 6.07 Å². The van der Waals surface area contributed by atoms with E-state index < -0.39 is 5.97 Å². The zero-order valence-electron chi connectivity index (χ0n) is 12.0. The third-order valence-electron chi connectivity index (χ3n) is 2.96. The first kappa shape index (κ1) is 15.2.